The monoisotopic (exact) mass is 222 g/mol. The first-order chi connectivity index (χ1) is 7.29. The zero-order chi connectivity index (χ0) is 10.7. The van der Waals surface area contributed by atoms with E-state index in [1.807, 2.05) is 12.1 Å². The van der Waals surface area contributed by atoms with E-state index in [1.165, 1.54) is 0 Å². The molecule has 0 radical (unpaired) electrons. The van der Waals surface area contributed by atoms with Crippen molar-refractivity contribution in [1.29, 1.82) is 0 Å². The van der Waals surface area contributed by atoms with Gasteiger partial charge in [-0.2, -0.15) is 0 Å². The number of nitrogens with zero attached hydrogens (tertiary/aromatic N) is 1. The summed E-state index contributed by atoms with van der Waals surface area (Å²) in [5, 5.41) is 6.35. The molecular weight excluding hydrogens is 208 g/mol. The minimum atomic E-state index is 0.163. The van der Waals surface area contributed by atoms with Crippen molar-refractivity contribution in [2.75, 3.05) is 5.32 Å². The van der Waals surface area contributed by atoms with Gasteiger partial charge in [-0.05, 0) is 25.5 Å². The first-order valence-corrected chi connectivity index (χ1v) is 5.92. The predicted octanol–water partition coefficient (Wildman–Crippen LogP) is 3.47. The van der Waals surface area contributed by atoms with Crippen molar-refractivity contribution in [3.05, 3.63) is 35.2 Å². The highest BCUT2D eigenvalue weighted by molar-refractivity contribution is 7.13. The number of hydrogen-bond donors (Lipinski definition) is 1. The van der Waals surface area contributed by atoms with Crippen LogP contribution in [0.15, 0.2) is 28.2 Å². The van der Waals surface area contributed by atoms with Crippen LogP contribution in [0.3, 0.4) is 0 Å². The van der Waals surface area contributed by atoms with Crippen molar-refractivity contribution in [2.24, 2.45) is 0 Å². The summed E-state index contributed by atoms with van der Waals surface area (Å²) in [4.78, 5) is 4.44. The van der Waals surface area contributed by atoms with Crippen LogP contribution in [0.25, 0.3) is 0 Å². The molecule has 0 spiro atoms. The predicted molar refractivity (Wildman–Crippen MR) is 62.2 cm³/mol. The molecule has 0 aliphatic rings. The number of nitrogens with one attached hydrogen (secondary N) is 1. The van der Waals surface area contributed by atoms with Crippen molar-refractivity contribution >= 4 is 16.5 Å². The molecule has 2 aromatic heterocycles. The summed E-state index contributed by atoms with van der Waals surface area (Å²) >= 11 is 1.64. The first kappa shape index (κ1) is 10.2. The van der Waals surface area contributed by atoms with E-state index < -0.39 is 0 Å². The van der Waals surface area contributed by atoms with Crippen molar-refractivity contribution in [3.8, 4) is 0 Å². The van der Waals surface area contributed by atoms with E-state index in [-0.39, 0.29) is 6.04 Å². The van der Waals surface area contributed by atoms with Gasteiger partial charge in [-0.3, -0.25) is 0 Å². The SMILES string of the molecule is CCc1csc(NC(C)c2ccco2)n1. The molecule has 0 aliphatic heterocycles. The molecule has 1 atom stereocenters. The van der Waals surface area contributed by atoms with Gasteiger partial charge in [0.05, 0.1) is 18.0 Å². The Hall–Kier alpha value is -1.29. The molecule has 0 aromatic carbocycles. The lowest BCUT2D eigenvalue weighted by Gasteiger charge is -2.09. The number of thiazole rings is 1. The summed E-state index contributed by atoms with van der Waals surface area (Å²) in [6.07, 6.45) is 2.67. The Morgan fingerprint density at radius 1 is 1.60 bits per heavy atom. The maximum Gasteiger partial charge on any atom is 0.183 e. The zero-order valence-electron chi connectivity index (χ0n) is 8.86. The topological polar surface area (TPSA) is 38.1 Å². The maximum absolute atomic E-state index is 5.31. The minimum Gasteiger partial charge on any atom is -0.467 e. The van der Waals surface area contributed by atoms with Crippen LogP contribution in [-0.2, 0) is 6.42 Å². The third-order valence-corrected chi connectivity index (χ3v) is 3.05. The number of furan rings is 1. The number of aryl methyl sites for hydroxylation is 1. The van der Waals surface area contributed by atoms with Crippen molar-refractivity contribution in [3.63, 3.8) is 0 Å². The molecule has 2 heterocycles. The van der Waals surface area contributed by atoms with Gasteiger partial charge < -0.3 is 9.73 Å². The van der Waals surface area contributed by atoms with E-state index >= 15 is 0 Å². The van der Waals surface area contributed by atoms with Crippen LogP contribution in [0.1, 0.15) is 31.3 Å². The van der Waals surface area contributed by atoms with Crippen LogP contribution in [0.5, 0.6) is 0 Å². The average Bonchev–Trinajstić information content (AvgIpc) is 2.87. The molecule has 1 N–H and O–H groups in total. The van der Waals surface area contributed by atoms with Gasteiger partial charge in [-0.25, -0.2) is 4.98 Å². The van der Waals surface area contributed by atoms with E-state index in [0.29, 0.717) is 0 Å². The van der Waals surface area contributed by atoms with Gasteiger partial charge in [-0.1, -0.05) is 6.92 Å². The van der Waals surface area contributed by atoms with Crippen LogP contribution >= 0.6 is 11.3 Å². The number of rotatable bonds is 4. The van der Waals surface area contributed by atoms with Crippen molar-refractivity contribution in [1.82, 2.24) is 4.98 Å². The third-order valence-electron chi connectivity index (χ3n) is 2.22. The molecule has 15 heavy (non-hydrogen) atoms. The molecule has 0 fully saturated rings. The van der Waals surface area contributed by atoms with E-state index in [0.717, 1.165) is 23.0 Å². The van der Waals surface area contributed by atoms with Gasteiger partial charge in [0.2, 0.25) is 0 Å². The van der Waals surface area contributed by atoms with Crippen LogP contribution in [0, 0.1) is 0 Å². The van der Waals surface area contributed by atoms with Crippen LogP contribution < -0.4 is 5.32 Å². The Labute approximate surface area is 93.2 Å². The molecule has 2 aromatic rings. The Morgan fingerprint density at radius 3 is 3.07 bits per heavy atom. The Kier molecular flexibility index (Phi) is 3.06. The molecule has 0 bridgehead atoms. The number of aromatic nitrogens is 1. The summed E-state index contributed by atoms with van der Waals surface area (Å²) in [5.41, 5.74) is 1.13. The summed E-state index contributed by atoms with van der Waals surface area (Å²) in [6, 6.07) is 4.02. The first-order valence-electron chi connectivity index (χ1n) is 5.04. The van der Waals surface area contributed by atoms with Gasteiger partial charge in [0.1, 0.15) is 5.76 Å². The molecule has 2 rings (SSSR count). The molecular formula is C11H14N2OS. The van der Waals surface area contributed by atoms with Gasteiger partial charge in [0.25, 0.3) is 0 Å². The van der Waals surface area contributed by atoms with Crippen LogP contribution in [-0.4, -0.2) is 4.98 Å². The second-order valence-electron chi connectivity index (χ2n) is 3.38. The highest BCUT2D eigenvalue weighted by atomic mass is 32.1. The highest BCUT2D eigenvalue weighted by Crippen LogP contribution is 2.22. The smallest absolute Gasteiger partial charge is 0.183 e. The van der Waals surface area contributed by atoms with Crippen molar-refractivity contribution < 1.29 is 4.42 Å². The van der Waals surface area contributed by atoms with Gasteiger partial charge >= 0.3 is 0 Å². The van der Waals surface area contributed by atoms with Crippen molar-refractivity contribution in [2.45, 2.75) is 26.3 Å². The lowest BCUT2D eigenvalue weighted by Crippen LogP contribution is -2.05. The zero-order valence-corrected chi connectivity index (χ0v) is 9.67. The molecule has 0 aliphatic carbocycles. The summed E-state index contributed by atoms with van der Waals surface area (Å²) in [6.45, 7) is 4.17. The fraction of sp³-hybridized carbons (Fsp3) is 0.364. The lowest BCUT2D eigenvalue weighted by atomic mass is 10.3. The van der Waals surface area contributed by atoms with E-state index in [4.69, 9.17) is 4.42 Å². The fourth-order valence-electron chi connectivity index (χ4n) is 1.33. The number of anilines is 1. The van der Waals surface area contributed by atoms with E-state index in [9.17, 15) is 0 Å². The molecule has 1 unspecified atom stereocenters. The molecule has 4 heteroatoms. The van der Waals surface area contributed by atoms with Crippen LogP contribution in [0.4, 0.5) is 5.13 Å². The normalized spacial score (nSPS) is 12.7. The molecule has 0 saturated carbocycles. The highest BCUT2D eigenvalue weighted by Gasteiger charge is 2.09. The second-order valence-corrected chi connectivity index (χ2v) is 4.24. The lowest BCUT2D eigenvalue weighted by molar-refractivity contribution is 0.490. The third kappa shape index (κ3) is 2.39. The molecule has 80 valence electrons. The summed E-state index contributed by atoms with van der Waals surface area (Å²) < 4.78 is 5.31. The Balaban J connectivity index is 2.02. The van der Waals surface area contributed by atoms with Gasteiger partial charge in [0.15, 0.2) is 5.13 Å². The molecule has 3 nitrogen and oxygen atoms in total. The number of hydrogen-bond acceptors (Lipinski definition) is 4. The quantitative estimate of drug-likeness (QED) is 0.860. The average molecular weight is 222 g/mol. The Morgan fingerprint density at radius 2 is 2.47 bits per heavy atom. The minimum absolute atomic E-state index is 0.163. The van der Waals surface area contributed by atoms with Gasteiger partial charge in [-0.15, -0.1) is 11.3 Å². The van der Waals surface area contributed by atoms with Crippen LogP contribution in [0.2, 0.25) is 0 Å². The second kappa shape index (κ2) is 4.49. The largest absolute Gasteiger partial charge is 0.467 e. The Bertz CT molecular complexity index is 408. The van der Waals surface area contributed by atoms with E-state index in [2.05, 4.69) is 29.5 Å². The fourth-order valence-corrected chi connectivity index (χ4v) is 2.21. The summed E-state index contributed by atoms with van der Waals surface area (Å²) in [5.74, 6) is 0.934. The summed E-state index contributed by atoms with van der Waals surface area (Å²) in [7, 11) is 0. The molecule has 0 amide bonds. The molecule has 0 saturated heterocycles. The maximum atomic E-state index is 5.31. The van der Waals surface area contributed by atoms with Gasteiger partial charge in [0, 0.05) is 5.38 Å². The van der Waals surface area contributed by atoms with E-state index in [1.54, 1.807) is 17.6 Å². The standard InChI is InChI=1S/C11H14N2OS/c1-3-9-7-15-11(13-9)12-8(2)10-5-4-6-14-10/h4-8H,3H2,1-2H3,(H,12,13).